The van der Waals surface area contributed by atoms with Gasteiger partial charge in [-0.3, -0.25) is 4.79 Å². The number of hydrogen-bond acceptors (Lipinski definition) is 2. The summed E-state index contributed by atoms with van der Waals surface area (Å²) in [6.45, 7) is 8.32. The van der Waals surface area contributed by atoms with Gasteiger partial charge in [0, 0.05) is 6.54 Å². The van der Waals surface area contributed by atoms with Crippen LogP contribution in [0, 0.1) is 5.92 Å². The summed E-state index contributed by atoms with van der Waals surface area (Å²) in [7, 11) is 0. The van der Waals surface area contributed by atoms with Crippen molar-refractivity contribution in [2.45, 2.75) is 20.8 Å². The van der Waals surface area contributed by atoms with Crippen LogP contribution in [-0.2, 0) is 4.79 Å². The lowest BCUT2D eigenvalue weighted by Gasteiger charge is -2.19. The van der Waals surface area contributed by atoms with Crippen molar-refractivity contribution in [3.05, 3.63) is 0 Å². The number of nitrogens with zero attached hydrogens (tertiary/aromatic N) is 1. The third kappa shape index (κ3) is 3.98. The van der Waals surface area contributed by atoms with Crippen LogP contribution in [0.15, 0.2) is 0 Å². The second-order valence-electron chi connectivity index (χ2n) is 2.73. The van der Waals surface area contributed by atoms with Gasteiger partial charge in [0.15, 0.2) is 0 Å². The zero-order valence-electron chi connectivity index (χ0n) is 7.50. The molecule has 0 saturated carbocycles. The molecular formula is C8H17NO2. The number of carboxylic acid groups (broad SMARTS) is 1. The largest absolute Gasteiger partial charge is 0.481 e. The highest BCUT2D eigenvalue weighted by Gasteiger charge is 2.13. The average Bonchev–Trinajstić information content (AvgIpc) is 1.99. The summed E-state index contributed by atoms with van der Waals surface area (Å²) in [4.78, 5) is 12.5. The Labute approximate surface area is 68.0 Å². The van der Waals surface area contributed by atoms with Crippen LogP contribution in [0.2, 0.25) is 0 Å². The fraction of sp³-hybridized carbons (Fsp3) is 0.875. The number of carbonyl (C=O) groups is 1. The van der Waals surface area contributed by atoms with Crippen LogP contribution in [0.1, 0.15) is 20.8 Å². The summed E-state index contributed by atoms with van der Waals surface area (Å²) in [6, 6.07) is 0. The molecule has 0 unspecified atom stereocenters. The SMILES string of the molecule is CCN(CC)C[C@H](C)C(=O)O. The van der Waals surface area contributed by atoms with Crippen molar-refractivity contribution in [1.29, 1.82) is 0 Å². The highest BCUT2D eigenvalue weighted by molar-refractivity contribution is 5.69. The highest BCUT2D eigenvalue weighted by atomic mass is 16.4. The molecule has 0 bridgehead atoms. The monoisotopic (exact) mass is 159 g/mol. The Balaban J connectivity index is 3.71. The maximum Gasteiger partial charge on any atom is 0.307 e. The van der Waals surface area contributed by atoms with Crippen LogP contribution in [0.25, 0.3) is 0 Å². The lowest BCUT2D eigenvalue weighted by molar-refractivity contribution is -0.141. The minimum absolute atomic E-state index is 0.255. The molecule has 0 aromatic rings. The molecule has 0 saturated heterocycles. The van der Waals surface area contributed by atoms with E-state index in [9.17, 15) is 4.79 Å². The first-order chi connectivity index (χ1) is 5.11. The minimum atomic E-state index is -0.711. The smallest absolute Gasteiger partial charge is 0.307 e. The van der Waals surface area contributed by atoms with E-state index >= 15 is 0 Å². The highest BCUT2D eigenvalue weighted by Crippen LogP contribution is 1.98. The number of rotatable bonds is 5. The van der Waals surface area contributed by atoms with E-state index in [-0.39, 0.29) is 5.92 Å². The van der Waals surface area contributed by atoms with E-state index in [0.717, 1.165) is 13.1 Å². The van der Waals surface area contributed by atoms with Gasteiger partial charge in [-0.25, -0.2) is 0 Å². The van der Waals surface area contributed by atoms with Crippen molar-refractivity contribution in [1.82, 2.24) is 4.90 Å². The Morgan fingerprint density at radius 1 is 1.45 bits per heavy atom. The zero-order valence-corrected chi connectivity index (χ0v) is 7.50. The molecule has 0 heterocycles. The topological polar surface area (TPSA) is 40.5 Å². The van der Waals surface area contributed by atoms with Gasteiger partial charge in [-0.15, -0.1) is 0 Å². The molecule has 0 spiro atoms. The summed E-state index contributed by atoms with van der Waals surface area (Å²) in [5.74, 6) is -0.966. The van der Waals surface area contributed by atoms with E-state index in [0.29, 0.717) is 6.54 Å². The van der Waals surface area contributed by atoms with Crippen molar-refractivity contribution in [3.63, 3.8) is 0 Å². The molecule has 0 fully saturated rings. The van der Waals surface area contributed by atoms with Gasteiger partial charge in [-0.2, -0.15) is 0 Å². The molecule has 11 heavy (non-hydrogen) atoms. The Bertz CT molecular complexity index is 121. The Morgan fingerprint density at radius 3 is 2.18 bits per heavy atom. The predicted molar refractivity (Wildman–Crippen MR) is 44.6 cm³/mol. The lowest BCUT2D eigenvalue weighted by atomic mass is 10.2. The van der Waals surface area contributed by atoms with E-state index < -0.39 is 5.97 Å². The van der Waals surface area contributed by atoms with Crippen molar-refractivity contribution in [2.24, 2.45) is 5.92 Å². The molecule has 0 amide bonds. The second-order valence-corrected chi connectivity index (χ2v) is 2.73. The molecule has 0 rings (SSSR count). The minimum Gasteiger partial charge on any atom is -0.481 e. The van der Waals surface area contributed by atoms with Gasteiger partial charge in [0.25, 0.3) is 0 Å². The average molecular weight is 159 g/mol. The van der Waals surface area contributed by atoms with Crippen LogP contribution in [0.5, 0.6) is 0 Å². The van der Waals surface area contributed by atoms with E-state index in [1.54, 1.807) is 6.92 Å². The molecule has 0 aromatic heterocycles. The quantitative estimate of drug-likeness (QED) is 0.651. The van der Waals surface area contributed by atoms with E-state index in [2.05, 4.69) is 4.90 Å². The Hall–Kier alpha value is -0.570. The summed E-state index contributed by atoms with van der Waals surface area (Å²) in [5.41, 5.74) is 0. The first kappa shape index (κ1) is 10.4. The second kappa shape index (κ2) is 5.13. The maximum atomic E-state index is 10.4. The van der Waals surface area contributed by atoms with Crippen LogP contribution in [0.4, 0.5) is 0 Å². The fourth-order valence-corrected chi connectivity index (χ4v) is 0.947. The van der Waals surface area contributed by atoms with Crippen LogP contribution in [-0.4, -0.2) is 35.6 Å². The fourth-order valence-electron chi connectivity index (χ4n) is 0.947. The van der Waals surface area contributed by atoms with E-state index in [1.165, 1.54) is 0 Å². The summed E-state index contributed by atoms with van der Waals surface area (Å²) >= 11 is 0. The van der Waals surface area contributed by atoms with Gasteiger partial charge in [-0.05, 0) is 13.1 Å². The Morgan fingerprint density at radius 2 is 1.91 bits per heavy atom. The maximum absolute atomic E-state index is 10.4. The summed E-state index contributed by atoms with van der Waals surface area (Å²) < 4.78 is 0. The Kier molecular flexibility index (Phi) is 4.86. The third-order valence-corrected chi connectivity index (χ3v) is 1.85. The number of carboxylic acids is 1. The third-order valence-electron chi connectivity index (χ3n) is 1.85. The molecule has 0 aromatic carbocycles. The van der Waals surface area contributed by atoms with Gasteiger partial charge in [0.1, 0.15) is 0 Å². The standard InChI is InChI=1S/C8H17NO2/c1-4-9(5-2)6-7(3)8(10)11/h7H,4-6H2,1-3H3,(H,10,11)/t7-/m0/s1. The van der Waals surface area contributed by atoms with Crippen LogP contribution < -0.4 is 0 Å². The molecule has 66 valence electrons. The van der Waals surface area contributed by atoms with E-state index in [1.807, 2.05) is 13.8 Å². The number of aliphatic carboxylic acids is 1. The normalized spacial score (nSPS) is 13.5. The van der Waals surface area contributed by atoms with E-state index in [4.69, 9.17) is 5.11 Å². The first-order valence-electron chi connectivity index (χ1n) is 4.06. The van der Waals surface area contributed by atoms with Crippen molar-refractivity contribution < 1.29 is 9.90 Å². The van der Waals surface area contributed by atoms with Gasteiger partial charge in [-0.1, -0.05) is 20.8 Å². The molecule has 1 N–H and O–H groups in total. The first-order valence-corrected chi connectivity index (χ1v) is 4.06. The zero-order chi connectivity index (χ0) is 8.85. The number of hydrogen-bond donors (Lipinski definition) is 1. The predicted octanol–water partition coefficient (Wildman–Crippen LogP) is 1.05. The molecule has 0 aliphatic rings. The van der Waals surface area contributed by atoms with Crippen molar-refractivity contribution in [3.8, 4) is 0 Å². The van der Waals surface area contributed by atoms with Gasteiger partial charge in [0.2, 0.25) is 0 Å². The summed E-state index contributed by atoms with van der Waals surface area (Å²) in [6.07, 6.45) is 0. The van der Waals surface area contributed by atoms with Gasteiger partial charge in [0.05, 0.1) is 5.92 Å². The van der Waals surface area contributed by atoms with Crippen LogP contribution in [0.3, 0.4) is 0 Å². The lowest BCUT2D eigenvalue weighted by Crippen LogP contribution is -2.31. The van der Waals surface area contributed by atoms with Crippen molar-refractivity contribution in [2.75, 3.05) is 19.6 Å². The molecule has 3 heteroatoms. The molecule has 3 nitrogen and oxygen atoms in total. The molecule has 0 aliphatic heterocycles. The van der Waals surface area contributed by atoms with Crippen LogP contribution >= 0.6 is 0 Å². The van der Waals surface area contributed by atoms with Gasteiger partial charge < -0.3 is 10.0 Å². The summed E-state index contributed by atoms with van der Waals surface area (Å²) in [5, 5.41) is 8.60. The molecule has 0 radical (unpaired) electrons. The van der Waals surface area contributed by atoms with Crippen molar-refractivity contribution >= 4 is 5.97 Å². The van der Waals surface area contributed by atoms with Gasteiger partial charge >= 0.3 is 5.97 Å². The molecule has 1 atom stereocenters. The molecule has 0 aliphatic carbocycles. The molecular weight excluding hydrogens is 142 g/mol.